The summed E-state index contributed by atoms with van der Waals surface area (Å²) >= 11 is 6.43. The van der Waals surface area contributed by atoms with Crippen LogP contribution in [0, 0.1) is 17.8 Å². The van der Waals surface area contributed by atoms with Gasteiger partial charge >= 0.3 is 0 Å². The Labute approximate surface area is 270 Å². The van der Waals surface area contributed by atoms with Crippen LogP contribution in [-0.4, -0.2) is 61.5 Å². The zero-order valence-corrected chi connectivity index (χ0v) is 28.0. The summed E-state index contributed by atoms with van der Waals surface area (Å²) in [5.74, 6) is 1.49. The second-order valence-corrected chi connectivity index (χ2v) is 14.6. The molecule has 7 nitrogen and oxygen atoms in total. The van der Waals surface area contributed by atoms with Crippen molar-refractivity contribution in [2.45, 2.75) is 70.1 Å². The number of anilines is 1. The average Bonchev–Trinajstić information content (AvgIpc) is 3.17. The fourth-order valence-corrected chi connectivity index (χ4v) is 7.87. The number of benzene rings is 2. The Kier molecular flexibility index (Phi) is 11.4. The lowest BCUT2D eigenvalue weighted by molar-refractivity contribution is -0.0308. The third-order valence-electron chi connectivity index (χ3n) is 9.62. The van der Waals surface area contributed by atoms with E-state index in [1.54, 1.807) is 13.2 Å². The van der Waals surface area contributed by atoms with Crippen molar-refractivity contribution in [1.29, 1.82) is 0 Å². The first-order valence-electron chi connectivity index (χ1n) is 16.1. The first kappa shape index (κ1) is 33.0. The summed E-state index contributed by atoms with van der Waals surface area (Å²) in [6.07, 6.45) is 9.33. The molecule has 3 aliphatic rings. The van der Waals surface area contributed by atoms with Crippen molar-refractivity contribution >= 4 is 34.2 Å². The van der Waals surface area contributed by atoms with E-state index in [1.165, 1.54) is 11.1 Å². The first-order valence-corrected chi connectivity index (χ1v) is 17.7. The maximum Gasteiger partial charge on any atom is 0.263 e. The van der Waals surface area contributed by atoms with Gasteiger partial charge in [-0.2, -0.15) is 0 Å². The third-order valence-corrected chi connectivity index (χ3v) is 11.4. The molecular weight excluding hydrogens is 596 g/mol. The molecule has 1 fully saturated rings. The molecule has 9 heteroatoms. The van der Waals surface area contributed by atoms with Crippen molar-refractivity contribution in [2.24, 2.45) is 17.8 Å². The van der Waals surface area contributed by atoms with E-state index in [2.05, 4.69) is 47.8 Å². The molecule has 240 valence electrons. The molecule has 1 amide bonds. The molecule has 1 N–H and O–H groups in total. The smallest absolute Gasteiger partial charge is 0.263 e. The molecule has 2 heterocycles. The Morgan fingerprint density at radius 1 is 1.11 bits per heavy atom. The van der Waals surface area contributed by atoms with Crippen molar-refractivity contribution in [1.82, 2.24) is 4.72 Å². The molecule has 0 spiro atoms. The molecule has 0 saturated heterocycles. The SMILES string of the molecule is CCCc1cc(Cl)ccc1C1COc2ccc3cc2N(C1)CC1CCC1C(OCCOC)/C=C/CC(C)C(C)S(=O)NC3=O. The maximum absolute atomic E-state index is 13.4. The average molecular weight is 643 g/mol. The van der Waals surface area contributed by atoms with Crippen LogP contribution in [0.1, 0.15) is 73.9 Å². The van der Waals surface area contributed by atoms with Crippen LogP contribution < -0.4 is 14.4 Å². The number of nitrogens with zero attached hydrogens (tertiary/aromatic N) is 1. The first-order chi connectivity index (χ1) is 21.3. The lowest BCUT2D eigenvalue weighted by Gasteiger charge is -2.44. The van der Waals surface area contributed by atoms with Crippen molar-refractivity contribution in [3.05, 3.63) is 70.3 Å². The summed E-state index contributed by atoms with van der Waals surface area (Å²) in [4.78, 5) is 15.8. The number of carbonyl (C=O) groups is 1. The lowest BCUT2D eigenvalue weighted by atomic mass is 9.70. The van der Waals surface area contributed by atoms with Gasteiger partial charge in [-0.25, -0.2) is 4.21 Å². The van der Waals surface area contributed by atoms with Gasteiger partial charge in [-0.1, -0.05) is 50.1 Å². The van der Waals surface area contributed by atoms with Crippen LogP contribution in [0.25, 0.3) is 0 Å². The molecule has 2 bridgehead atoms. The molecule has 2 aliphatic heterocycles. The molecule has 2 aromatic rings. The highest BCUT2D eigenvalue weighted by Crippen LogP contribution is 2.43. The van der Waals surface area contributed by atoms with Gasteiger partial charge in [0.05, 0.1) is 36.9 Å². The Bertz CT molecular complexity index is 1350. The molecule has 0 aromatic heterocycles. The third kappa shape index (κ3) is 7.69. The highest BCUT2D eigenvalue weighted by molar-refractivity contribution is 7.84. The predicted octanol–water partition coefficient (Wildman–Crippen LogP) is 6.71. The number of halogens is 1. The standard InChI is InChI=1S/C35H47ClN2O5S/c1-5-7-25-18-29(36)12-14-30(25)28-21-38-20-27-10-13-31(27)33(42-17-16-41-4)9-6-8-23(2)24(3)44(40)37-35(39)26-11-15-34(43-22-28)32(38)19-26/h6,9,11-12,14-15,18-19,23-24,27-28,31,33H,5,7-8,10,13,16-17,20-22H2,1-4H3,(H,37,39)/b9-6+. The van der Waals surface area contributed by atoms with E-state index >= 15 is 0 Å². The quantitative estimate of drug-likeness (QED) is 0.267. The number of allylic oxidation sites excluding steroid dienone is 1. The van der Waals surface area contributed by atoms with Crippen LogP contribution in [0.2, 0.25) is 5.02 Å². The van der Waals surface area contributed by atoms with Crippen molar-refractivity contribution < 1.29 is 23.2 Å². The van der Waals surface area contributed by atoms with Gasteiger partial charge in [0.1, 0.15) is 16.7 Å². The van der Waals surface area contributed by atoms with Crippen LogP contribution in [-0.2, 0) is 26.9 Å². The number of rotatable bonds is 7. The van der Waals surface area contributed by atoms with Gasteiger partial charge in [0.2, 0.25) is 0 Å². The second kappa shape index (κ2) is 15.3. The largest absolute Gasteiger partial charge is 0.491 e. The normalized spacial score (nSPS) is 29.9. The number of amides is 1. The minimum Gasteiger partial charge on any atom is -0.491 e. The van der Waals surface area contributed by atoms with Crippen LogP contribution in [0.5, 0.6) is 5.75 Å². The van der Waals surface area contributed by atoms with E-state index < -0.39 is 11.0 Å². The zero-order valence-electron chi connectivity index (χ0n) is 26.4. The predicted molar refractivity (Wildman–Crippen MR) is 178 cm³/mol. The summed E-state index contributed by atoms with van der Waals surface area (Å²) < 4.78 is 34.1. The fourth-order valence-electron chi connectivity index (χ4n) is 6.65. The van der Waals surface area contributed by atoms with Crippen molar-refractivity contribution in [2.75, 3.05) is 44.9 Å². The zero-order chi connectivity index (χ0) is 31.2. The Morgan fingerprint density at radius 3 is 2.70 bits per heavy atom. The number of hydrogen-bond acceptors (Lipinski definition) is 6. The number of carbonyl (C=O) groups excluding carboxylic acids is 1. The lowest BCUT2D eigenvalue weighted by Crippen LogP contribution is -2.45. The highest BCUT2D eigenvalue weighted by atomic mass is 35.5. The summed E-state index contributed by atoms with van der Waals surface area (Å²) in [5.41, 5.74) is 3.92. The molecule has 0 radical (unpaired) electrons. The van der Waals surface area contributed by atoms with Crippen LogP contribution in [0.15, 0.2) is 48.6 Å². The minimum atomic E-state index is -1.52. The molecule has 1 aliphatic carbocycles. The van der Waals surface area contributed by atoms with Gasteiger partial charge in [-0.05, 0) is 91.8 Å². The van der Waals surface area contributed by atoms with Crippen LogP contribution in [0.4, 0.5) is 5.69 Å². The molecule has 5 rings (SSSR count). The molecule has 7 atom stereocenters. The van der Waals surface area contributed by atoms with Gasteiger partial charge in [0, 0.05) is 36.7 Å². The molecule has 2 aromatic carbocycles. The van der Waals surface area contributed by atoms with Gasteiger partial charge < -0.3 is 19.1 Å². The molecule has 7 unspecified atom stereocenters. The monoisotopic (exact) mass is 642 g/mol. The minimum absolute atomic E-state index is 0.0123. The van der Waals surface area contributed by atoms with E-state index in [1.807, 2.05) is 25.1 Å². The van der Waals surface area contributed by atoms with E-state index in [-0.39, 0.29) is 29.1 Å². The van der Waals surface area contributed by atoms with Crippen LogP contribution >= 0.6 is 11.6 Å². The number of methoxy groups -OCH3 is 1. The Balaban J connectivity index is 1.52. The fraction of sp³-hybridized carbons (Fsp3) is 0.571. The number of nitrogens with one attached hydrogen (secondary N) is 1. The van der Waals surface area contributed by atoms with Gasteiger partial charge in [0.15, 0.2) is 0 Å². The second-order valence-electron chi connectivity index (χ2n) is 12.6. The van der Waals surface area contributed by atoms with Gasteiger partial charge in [-0.15, -0.1) is 0 Å². The van der Waals surface area contributed by atoms with E-state index in [0.717, 1.165) is 61.7 Å². The number of fused-ring (bicyclic) bond motifs is 2. The van der Waals surface area contributed by atoms with E-state index in [9.17, 15) is 9.00 Å². The number of hydrogen-bond donors (Lipinski definition) is 1. The maximum atomic E-state index is 13.4. The van der Waals surface area contributed by atoms with E-state index in [4.69, 9.17) is 25.8 Å². The highest BCUT2D eigenvalue weighted by Gasteiger charge is 2.39. The molecule has 1 saturated carbocycles. The molecule has 44 heavy (non-hydrogen) atoms. The topological polar surface area (TPSA) is 77.1 Å². The van der Waals surface area contributed by atoms with E-state index in [0.29, 0.717) is 37.2 Å². The van der Waals surface area contributed by atoms with Gasteiger partial charge in [-0.3, -0.25) is 9.52 Å². The molecular formula is C35H47ClN2O5S. The van der Waals surface area contributed by atoms with Crippen molar-refractivity contribution in [3.63, 3.8) is 0 Å². The van der Waals surface area contributed by atoms with Crippen LogP contribution in [0.3, 0.4) is 0 Å². The van der Waals surface area contributed by atoms with Gasteiger partial charge in [0.25, 0.3) is 5.91 Å². The number of aryl methyl sites for hydroxylation is 1. The summed E-state index contributed by atoms with van der Waals surface area (Å²) in [7, 11) is 0.174. The number of ether oxygens (including phenoxy) is 3. The van der Waals surface area contributed by atoms with Crippen molar-refractivity contribution in [3.8, 4) is 5.75 Å². The summed E-state index contributed by atoms with van der Waals surface area (Å²) in [6, 6.07) is 11.8. The Hall–Kier alpha value is -2.39. The Morgan fingerprint density at radius 2 is 1.95 bits per heavy atom. The summed E-state index contributed by atoms with van der Waals surface area (Å²) in [5, 5.41) is 0.542. The summed E-state index contributed by atoms with van der Waals surface area (Å²) in [6.45, 7) is 9.41.